The van der Waals surface area contributed by atoms with Crippen LogP contribution in [-0.4, -0.2) is 47.8 Å². The number of nitrogens with zero attached hydrogens (tertiary/aromatic N) is 2. The summed E-state index contributed by atoms with van der Waals surface area (Å²) in [6.07, 6.45) is 3.92. The molecule has 0 atom stereocenters. The summed E-state index contributed by atoms with van der Waals surface area (Å²) in [6.45, 7) is 1.52. The summed E-state index contributed by atoms with van der Waals surface area (Å²) in [5.74, 6) is 0.148. The molecule has 0 aliphatic carbocycles. The second-order valence-corrected chi connectivity index (χ2v) is 9.53. The molecule has 25 heavy (non-hydrogen) atoms. The van der Waals surface area contributed by atoms with Crippen molar-refractivity contribution in [3.05, 3.63) is 48.8 Å². The maximum absolute atomic E-state index is 12.5. The van der Waals surface area contributed by atoms with E-state index in [-0.39, 0.29) is 22.3 Å². The van der Waals surface area contributed by atoms with Crippen LogP contribution in [0.5, 0.6) is 0 Å². The molecule has 1 saturated heterocycles. The van der Waals surface area contributed by atoms with E-state index in [1.807, 2.05) is 4.90 Å². The Morgan fingerprint density at radius 3 is 2.12 bits per heavy atom. The summed E-state index contributed by atoms with van der Waals surface area (Å²) in [5, 5.41) is 0. The quantitative estimate of drug-likeness (QED) is 0.696. The maximum Gasteiger partial charge on any atom is 0.264 e. The van der Waals surface area contributed by atoms with Gasteiger partial charge < -0.3 is 4.90 Å². The second-order valence-electron chi connectivity index (χ2n) is 5.94. The van der Waals surface area contributed by atoms with Gasteiger partial charge in [-0.3, -0.25) is 9.17 Å². The van der Waals surface area contributed by atoms with Crippen LogP contribution in [0.1, 0.15) is 0 Å². The Kier molecular flexibility index (Phi) is 4.81. The van der Waals surface area contributed by atoms with Crippen molar-refractivity contribution < 1.29 is 21.0 Å². The molecule has 0 radical (unpaired) electrons. The average molecular weight is 382 g/mol. The van der Waals surface area contributed by atoms with Gasteiger partial charge in [0, 0.05) is 37.1 Å². The van der Waals surface area contributed by atoms with Crippen molar-refractivity contribution in [3.8, 4) is 0 Å². The summed E-state index contributed by atoms with van der Waals surface area (Å²) in [7, 11) is -6.97. The number of hydrogen-bond donors (Lipinski definition) is 0. The number of pyridine rings is 1. The van der Waals surface area contributed by atoms with E-state index in [4.69, 9.17) is 4.18 Å². The van der Waals surface area contributed by atoms with Gasteiger partial charge in [0.15, 0.2) is 0 Å². The van der Waals surface area contributed by atoms with Crippen LogP contribution in [0.4, 0.5) is 5.69 Å². The highest BCUT2D eigenvalue weighted by Gasteiger charge is 2.28. The predicted octanol–water partition coefficient (Wildman–Crippen LogP) is 1.33. The van der Waals surface area contributed by atoms with Gasteiger partial charge in [-0.15, -0.1) is 0 Å². The first-order chi connectivity index (χ1) is 11.8. The molecule has 2 heterocycles. The molecule has 7 nitrogen and oxygen atoms in total. The topological polar surface area (TPSA) is 93.6 Å². The minimum Gasteiger partial charge on any atom is -0.371 e. The second kappa shape index (κ2) is 6.74. The van der Waals surface area contributed by atoms with E-state index in [1.54, 1.807) is 24.3 Å². The molecule has 0 N–H and O–H groups in total. The highest BCUT2D eigenvalue weighted by Crippen LogP contribution is 2.28. The van der Waals surface area contributed by atoms with Gasteiger partial charge in [0.2, 0.25) is 9.84 Å². The smallest absolute Gasteiger partial charge is 0.264 e. The zero-order valence-corrected chi connectivity index (χ0v) is 15.2. The molecule has 0 bridgehead atoms. The predicted molar refractivity (Wildman–Crippen MR) is 92.6 cm³/mol. The molecule has 0 saturated carbocycles. The van der Waals surface area contributed by atoms with Crippen LogP contribution >= 0.6 is 0 Å². The van der Waals surface area contributed by atoms with Crippen molar-refractivity contribution in [1.29, 1.82) is 0 Å². The number of sulfone groups is 1. The van der Waals surface area contributed by atoms with Gasteiger partial charge >= 0.3 is 0 Å². The van der Waals surface area contributed by atoms with Gasteiger partial charge in [0.1, 0.15) is 0 Å². The largest absolute Gasteiger partial charge is 0.371 e. The summed E-state index contributed by atoms with van der Waals surface area (Å²) in [6, 6.07) is 9.58. The summed E-state index contributed by atoms with van der Waals surface area (Å²) >= 11 is 0. The van der Waals surface area contributed by atoms with E-state index < -0.39 is 20.0 Å². The van der Waals surface area contributed by atoms with Gasteiger partial charge in [0.05, 0.1) is 22.7 Å². The number of rotatable bonds is 6. The van der Waals surface area contributed by atoms with Crippen LogP contribution in [0.3, 0.4) is 0 Å². The van der Waals surface area contributed by atoms with Crippen LogP contribution in [0.2, 0.25) is 0 Å². The number of hydrogen-bond acceptors (Lipinski definition) is 7. The third kappa shape index (κ3) is 4.17. The Bertz CT molecular complexity index is 936. The highest BCUT2D eigenvalue weighted by molar-refractivity contribution is 7.91. The third-order valence-corrected chi connectivity index (χ3v) is 6.30. The Morgan fingerprint density at radius 1 is 1.00 bits per heavy atom. The van der Waals surface area contributed by atoms with Gasteiger partial charge in [-0.25, -0.2) is 8.42 Å². The van der Waals surface area contributed by atoms with Gasteiger partial charge in [-0.1, -0.05) is 0 Å². The first kappa shape index (κ1) is 17.8. The summed E-state index contributed by atoms with van der Waals surface area (Å²) in [5.41, 5.74) is 0.893. The fourth-order valence-corrected chi connectivity index (χ4v) is 4.28. The molecule has 1 aromatic heterocycles. The van der Waals surface area contributed by atoms with E-state index in [0.29, 0.717) is 13.1 Å². The minimum atomic E-state index is -3.55. The first-order valence-corrected chi connectivity index (χ1v) is 10.9. The molecule has 1 aliphatic rings. The molecule has 0 spiro atoms. The molecule has 134 valence electrons. The van der Waals surface area contributed by atoms with Crippen LogP contribution in [0.15, 0.2) is 58.6 Å². The van der Waals surface area contributed by atoms with Crippen molar-refractivity contribution in [3.63, 3.8) is 0 Å². The molecule has 0 amide bonds. The van der Waals surface area contributed by atoms with Crippen molar-refractivity contribution >= 4 is 25.6 Å². The van der Waals surface area contributed by atoms with Crippen LogP contribution < -0.4 is 4.90 Å². The number of anilines is 1. The Morgan fingerprint density at radius 2 is 1.56 bits per heavy atom. The Labute approximate surface area is 147 Å². The number of benzene rings is 1. The van der Waals surface area contributed by atoms with Gasteiger partial charge in [-0.2, -0.15) is 8.42 Å². The van der Waals surface area contributed by atoms with Crippen molar-refractivity contribution in [1.82, 2.24) is 4.98 Å². The van der Waals surface area contributed by atoms with Crippen LogP contribution in [0, 0.1) is 5.92 Å². The number of aromatic nitrogens is 1. The fraction of sp³-hybridized carbons (Fsp3) is 0.312. The summed E-state index contributed by atoms with van der Waals surface area (Å²) in [4.78, 5) is 6.30. The van der Waals surface area contributed by atoms with Gasteiger partial charge in [-0.05, 0) is 36.4 Å². The average Bonchev–Trinajstić information content (AvgIpc) is 2.53. The van der Waals surface area contributed by atoms with E-state index >= 15 is 0 Å². The third-order valence-electron chi connectivity index (χ3n) is 3.95. The zero-order chi connectivity index (χ0) is 18.1. The molecular formula is C16H18N2O5S2. The first-order valence-electron chi connectivity index (χ1n) is 7.60. The van der Waals surface area contributed by atoms with Crippen molar-refractivity contribution in [2.75, 3.05) is 30.9 Å². The molecular weight excluding hydrogens is 364 g/mol. The normalized spacial score (nSPS) is 15.8. The Balaban J connectivity index is 1.64. The monoisotopic (exact) mass is 382 g/mol. The molecule has 0 unspecified atom stereocenters. The SMILES string of the molecule is CS(=O)(=O)OCC1CN(c2ccc(S(=O)(=O)c3ccncc3)cc2)C1. The van der Waals surface area contributed by atoms with E-state index in [2.05, 4.69) is 4.98 Å². The zero-order valence-electron chi connectivity index (χ0n) is 13.6. The lowest BCUT2D eigenvalue weighted by Crippen LogP contribution is -2.49. The van der Waals surface area contributed by atoms with Crippen molar-refractivity contribution in [2.45, 2.75) is 9.79 Å². The molecule has 1 aliphatic heterocycles. The fourth-order valence-electron chi connectivity index (χ4n) is 2.60. The Hall–Kier alpha value is -1.97. The molecule has 3 rings (SSSR count). The van der Waals surface area contributed by atoms with Crippen LogP contribution in [0.25, 0.3) is 0 Å². The standard InChI is InChI=1S/C16H18N2O5S2/c1-24(19,20)23-12-13-10-18(11-13)14-2-4-15(5-3-14)25(21,22)16-6-8-17-9-7-16/h2-9,13H,10-12H2,1H3. The van der Waals surface area contributed by atoms with Crippen molar-refractivity contribution in [2.24, 2.45) is 5.92 Å². The maximum atomic E-state index is 12.5. The molecule has 1 aromatic carbocycles. The lowest BCUT2D eigenvalue weighted by atomic mass is 10.0. The minimum absolute atomic E-state index is 0.148. The van der Waals surface area contributed by atoms with E-state index in [1.165, 1.54) is 24.5 Å². The highest BCUT2D eigenvalue weighted by atomic mass is 32.2. The molecule has 9 heteroatoms. The van der Waals surface area contributed by atoms with E-state index in [9.17, 15) is 16.8 Å². The van der Waals surface area contributed by atoms with Gasteiger partial charge in [0.25, 0.3) is 10.1 Å². The summed E-state index contributed by atoms with van der Waals surface area (Å²) < 4.78 is 51.8. The molecule has 1 fully saturated rings. The molecule has 2 aromatic rings. The lowest BCUT2D eigenvalue weighted by Gasteiger charge is -2.40. The van der Waals surface area contributed by atoms with E-state index in [0.717, 1.165) is 11.9 Å². The van der Waals surface area contributed by atoms with Crippen LogP contribution in [-0.2, 0) is 24.1 Å². The lowest BCUT2D eigenvalue weighted by molar-refractivity contribution is 0.228.